The second-order valence-electron chi connectivity index (χ2n) is 6.78. The summed E-state index contributed by atoms with van der Waals surface area (Å²) in [6.45, 7) is 0.271. The molecule has 0 saturated carbocycles. The first-order valence-electron chi connectivity index (χ1n) is 9.26. The lowest BCUT2D eigenvalue weighted by Gasteiger charge is -2.23. The van der Waals surface area contributed by atoms with E-state index in [1.54, 1.807) is 36.4 Å². The van der Waals surface area contributed by atoms with Gasteiger partial charge in [0.05, 0.1) is 6.54 Å². The van der Waals surface area contributed by atoms with E-state index in [1.807, 2.05) is 0 Å². The summed E-state index contributed by atoms with van der Waals surface area (Å²) in [6.07, 6.45) is 0. The smallest absolute Gasteiger partial charge is 0.255 e. The zero-order valence-corrected chi connectivity index (χ0v) is 17.0. The van der Waals surface area contributed by atoms with Crippen LogP contribution < -0.4 is 16.8 Å². The minimum Gasteiger partial charge on any atom is -0.370 e. The topological polar surface area (TPSA) is 140 Å². The van der Waals surface area contributed by atoms with Crippen LogP contribution in [-0.2, 0) is 17.9 Å². The molecule has 2 amide bonds. The van der Waals surface area contributed by atoms with Crippen LogP contribution in [0.4, 0.5) is 9.52 Å². The number of aliphatic imine (C=N–C) groups is 1. The fourth-order valence-corrected chi connectivity index (χ4v) is 4.04. The number of hydrogen-bond donors (Lipinski definition) is 3. The van der Waals surface area contributed by atoms with E-state index in [-0.39, 0.29) is 41.8 Å². The highest BCUT2D eigenvalue weighted by molar-refractivity contribution is 7.15. The summed E-state index contributed by atoms with van der Waals surface area (Å²) < 4.78 is 13.1. The van der Waals surface area contributed by atoms with Crippen LogP contribution in [0.15, 0.2) is 53.5 Å². The van der Waals surface area contributed by atoms with Crippen LogP contribution in [0.5, 0.6) is 0 Å². The van der Waals surface area contributed by atoms with Gasteiger partial charge < -0.3 is 21.7 Å². The van der Waals surface area contributed by atoms with Gasteiger partial charge >= 0.3 is 0 Å². The number of benzene rings is 2. The number of nitrogens with zero attached hydrogens (tertiary/aromatic N) is 4. The summed E-state index contributed by atoms with van der Waals surface area (Å²) >= 11 is 1.12. The molecule has 1 aliphatic rings. The molecule has 31 heavy (non-hydrogen) atoms. The Hall–Kier alpha value is -3.86. The Labute approximate surface area is 180 Å². The Morgan fingerprint density at radius 3 is 2.65 bits per heavy atom. The van der Waals surface area contributed by atoms with E-state index in [4.69, 9.17) is 11.5 Å². The van der Waals surface area contributed by atoms with Gasteiger partial charge in [0.25, 0.3) is 5.91 Å². The molecule has 2 heterocycles. The van der Waals surface area contributed by atoms with E-state index in [9.17, 15) is 14.0 Å². The summed E-state index contributed by atoms with van der Waals surface area (Å²) in [7, 11) is 0. The Balaban J connectivity index is 1.56. The van der Waals surface area contributed by atoms with Gasteiger partial charge in [-0.25, -0.2) is 4.39 Å². The van der Waals surface area contributed by atoms with Crippen molar-refractivity contribution in [2.75, 3.05) is 0 Å². The highest BCUT2D eigenvalue weighted by atomic mass is 32.1. The van der Waals surface area contributed by atoms with E-state index in [2.05, 4.69) is 20.5 Å². The van der Waals surface area contributed by atoms with Crippen LogP contribution in [-0.4, -0.2) is 32.9 Å². The Morgan fingerprint density at radius 2 is 1.90 bits per heavy atom. The molecule has 3 aromatic rings. The van der Waals surface area contributed by atoms with Crippen LogP contribution in [0.25, 0.3) is 0 Å². The minimum atomic E-state index is -0.834. The van der Waals surface area contributed by atoms with E-state index in [0.29, 0.717) is 16.1 Å². The fraction of sp³-hybridized carbons (Fsp3) is 0.150. The van der Waals surface area contributed by atoms with Crippen LogP contribution in [0.2, 0.25) is 0 Å². The number of rotatable bonds is 6. The van der Waals surface area contributed by atoms with Crippen molar-refractivity contribution in [3.8, 4) is 0 Å². The standard InChI is InChI=1S/C20H18FN7O2S/c21-12-7-5-11(6-8-12)9-24-17(29)16-13-3-1-2-4-14(13)18(30)28(16)10-15-26-27-20(31-15)25-19(22)23/h1-8,16H,9-10H2,(H,24,29)(H4,22,23,25,27). The molecule has 4 rings (SSSR count). The summed E-state index contributed by atoms with van der Waals surface area (Å²) in [5.41, 5.74) is 12.5. The van der Waals surface area contributed by atoms with Crippen molar-refractivity contribution in [1.29, 1.82) is 0 Å². The van der Waals surface area contributed by atoms with Crippen molar-refractivity contribution in [3.05, 3.63) is 76.0 Å². The van der Waals surface area contributed by atoms with E-state index in [1.165, 1.54) is 17.0 Å². The van der Waals surface area contributed by atoms with Gasteiger partial charge in [-0.3, -0.25) is 9.59 Å². The molecule has 1 unspecified atom stereocenters. The van der Waals surface area contributed by atoms with E-state index >= 15 is 0 Å². The predicted molar refractivity (Wildman–Crippen MR) is 113 cm³/mol. The highest BCUT2D eigenvalue weighted by Gasteiger charge is 2.41. The van der Waals surface area contributed by atoms with Gasteiger partial charge in [-0.1, -0.05) is 41.7 Å². The first-order valence-corrected chi connectivity index (χ1v) is 10.1. The third kappa shape index (κ3) is 4.36. The number of fused-ring (bicyclic) bond motifs is 1. The number of hydrogen-bond acceptors (Lipinski definition) is 6. The van der Waals surface area contributed by atoms with Crippen LogP contribution >= 0.6 is 11.3 Å². The maximum absolute atomic E-state index is 13.1. The Kier molecular flexibility index (Phi) is 5.58. The summed E-state index contributed by atoms with van der Waals surface area (Å²) in [5, 5.41) is 11.5. The lowest BCUT2D eigenvalue weighted by Crippen LogP contribution is -2.38. The van der Waals surface area contributed by atoms with Gasteiger partial charge in [-0.2, -0.15) is 4.99 Å². The molecular formula is C20H18FN7O2S. The molecule has 5 N–H and O–H groups in total. The molecule has 0 saturated heterocycles. The number of carbonyl (C=O) groups excluding carboxylic acids is 2. The normalized spacial score (nSPS) is 14.9. The van der Waals surface area contributed by atoms with Crippen molar-refractivity contribution in [1.82, 2.24) is 20.4 Å². The molecule has 11 heteroatoms. The van der Waals surface area contributed by atoms with Crippen molar-refractivity contribution in [2.45, 2.75) is 19.1 Å². The first kappa shape index (κ1) is 20.4. The molecule has 158 valence electrons. The van der Waals surface area contributed by atoms with Gasteiger partial charge in [-0.15, -0.1) is 10.2 Å². The van der Waals surface area contributed by atoms with Crippen molar-refractivity contribution < 1.29 is 14.0 Å². The minimum absolute atomic E-state index is 0.0693. The quantitative estimate of drug-likeness (QED) is 0.394. The zero-order valence-electron chi connectivity index (χ0n) is 16.2. The van der Waals surface area contributed by atoms with Crippen molar-refractivity contribution in [3.63, 3.8) is 0 Å². The second kappa shape index (κ2) is 8.48. The molecule has 1 atom stereocenters. The Bertz CT molecular complexity index is 1160. The molecule has 0 bridgehead atoms. The lowest BCUT2D eigenvalue weighted by molar-refractivity contribution is -0.125. The van der Waals surface area contributed by atoms with Gasteiger partial charge in [0.1, 0.15) is 16.9 Å². The molecule has 0 aliphatic carbocycles. The number of guanidine groups is 1. The van der Waals surface area contributed by atoms with E-state index in [0.717, 1.165) is 16.9 Å². The lowest BCUT2D eigenvalue weighted by atomic mass is 10.0. The molecule has 0 radical (unpaired) electrons. The molecule has 9 nitrogen and oxygen atoms in total. The third-order valence-corrected chi connectivity index (χ3v) is 5.48. The maximum Gasteiger partial charge on any atom is 0.255 e. The molecule has 2 aromatic carbocycles. The molecular weight excluding hydrogens is 421 g/mol. The zero-order chi connectivity index (χ0) is 22.0. The molecule has 0 fully saturated rings. The maximum atomic E-state index is 13.1. The third-order valence-electron chi connectivity index (χ3n) is 4.67. The van der Waals surface area contributed by atoms with Gasteiger partial charge in [0.2, 0.25) is 11.0 Å². The van der Waals surface area contributed by atoms with Crippen LogP contribution in [0.1, 0.15) is 32.5 Å². The fourth-order valence-electron chi connectivity index (χ4n) is 3.31. The van der Waals surface area contributed by atoms with Crippen LogP contribution in [0.3, 0.4) is 0 Å². The first-order chi connectivity index (χ1) is 14.9. The van der Waals surface area contributed by atoms with Crippen LogP contribution in [0, 0.1) is 5.82 Å². The molecule has 0 spiro atoms. The molecule has 1 aromatic heterocycles. The largest absolute Gasteiger partial charge is 0.370 e. The number of nitrogens with two attached hydrogens (primary N) is 2. The van der Waals surface area contributed by atoms with Crippen molar-refractivity contribution >= 4 is 34.2 Å². The summed E-state index contributed by atoms with van der Waals surface area (Å²) in [4.78, 5) is 31.4. The summed E-state index contributed by atoms with van der Waals surface area (Å²) in [6, 6.07) is 12.0. The monoisotopic (exact) mass is 439 g/mol. The van der Waals surface area contributed by atoms with Gasteiger partial charge in [-0.05, 0) is 29.3 Å². The Morgan fingerprint density at radius 1 is 1.16 bits per heavy atom. The SMILES string of the molecule is NC(N)=Nc1nnc(CN2C(=O)c3ccccc3C2C(=O)NCc2ccc(F)cc2)s1. The van der Waals surface area contributed by atoms with Crippen molar-refractivity contribution in [2.24, 2.45) is 16.5 Å². The summed E-state index contributed by atoms with van der Waals surface area (Å²) in [5.74, 6) is -1.13. The number of carbonyl (C=O) groups is 2. The predicted octanol–water partition coefficient (Wildman–Crippen LogP) is 1.60. The average molecular weight is 439 g/mol. The van der Waals surface area contributed by atoms with E-state index < -0.39 is 6.04 Å². The van der Waals surface area contributed by atoms with Gasteiger partial charge in [0, 0.05) is 12.1 Å². The second-order valence-corrected chi connectivity index (χ2v) is 7.82. The molecule has 1 aliphatic heterocycles. The number of aromatic nitrogens is 2. The number of halogens is 1. The average Bonchev–Trinajstić information content (AvgIpc) is 3.29. The number of nitrogens with one attached hydrogen (secondary N) is 1. The highest BCUT2D eigenvalue weighted by Crippen LogP contribution is 2.35. The number of amides is 2. The van der Waals surface area contributed by atoms with Gasteiger partial charge in [0.15, 0.2) is 5.96 Å².